The lowest BCUT2D eigenvalue weighted by molar-refractivity contribution is 0.108. The number of benzene rings is 1. The van der Waals surface area contributed by atoms with E-state index in [2.05, 4.69) is 9.47 Å². The minimum absolute atomic E-state index is 0.437. The molecule has 0 fully saturated rings. The summed E-state index contributed by atoms with van der Waals surface area (Å²) in [6.07, 6.45) is 0. The second-order valence-corrected chi connectivity index (χ2v) is 2.50. The van der Waals surface area contributed by atoms with Crippen molar-refractivity contribution in [3.63, 3.8) is 0 Å². The van der Waals surface area contributed by atoms with E-state index in [1.165, 1.54) is 0 Å². The minimum Gasteiger partial charge on any atom is -0.480 e. The van der Waals surface area contributed by atoms with Gasteiger partial charge in [0.25, 0.3) is 5.24 Å². The van der Waals surface area contributed by atoms with Gasteiger partial charge in [0.2, 0.25) is 0 Å². The quantitative estimate of drug-likeness (QED) is 0.526. The van der Waals surface area contributed by atoms with Crippen LogP contribution in [0.5, 0.6) is 5.75 Å². The van der Waals surface area contributed by atoms with E-state index in [4.69, 9.17) is 16.1 Å². The van der Waals surface area contributed by atoms with Gasteiger partial charge >= 0.3 is 0 Å². The van der Waals surface area contributed by atoms with Crippen molar-refractivity contribution in [3.8, 4) is 5.75 Å². The molecule has 4 heteroatoms. The Balaban J connectivity index is 3.01. The molecule has 58 valence electrons. The monoisotopic (exact) mass is 188 g/mol. The lowest BCUT2D eigenvalue weighted by Gasteiger charge is -1.98. The molecule has 0 amide bonds. The van der Waals surface area contributed by atoms with E-state index in [9.17, 15) is 4.79 Å². The van der Waals surface area contributed by atoms with E-state index in [-0.39, 0.29) is 0 Å². The SMILES string of the molecule is O=C(Cl)c1cccc(OP)c1. The fraction of sp³-hybridized carbons (Fsp3) is 0. The highest BCUT2D eigenvalue weighted by Crippen LogP contribution is 2.16. The van der Waals surface area contributed by atoms with E-state index in [1.54, 1.807) is 24.3 Å². The zero-order valence-electron chi connectivity index (χ0n) is 5.58. The van der Waals surface area contributed by atoms with Crippen LogP contribution in [-0.4, -0.2) is 5.24 Å². The van der Waals surface area contributed by atoms with Crippen molar-refractivity contribution in [2.45, 2.75) is 0 Å². The predicted molar refractivity (Wildman–Crippen MR) is 47.0 cm³/mol. The molecule has 11 heavy (non-hydrogen) atoms. The zero-order valence-corrected chi connectivity index (χ0v) is 7.49. The number of carbonyl (C=O) groups excluding carboxylic acids is 1. The average molecular weight is 189 g/mol. The van der Waals surface area contributed by atoms with Crippen molar-refractivity contribution in [2.75, 3.05) is 0 Å². The largest absolute Gasteiger partial charge is 0.480 e. The van der Waals surface area contributed by atoms with Crippen molar-refractivity contribution in [2.24, 2.45) is 0 Å². The normalized spacial score (nSPS) is 9.27. The molecule has 0 N–H and O–H groups in total. The van der Waals surface area contributed by atoms with E-state index in [0.717, 1.165) is 0 Å². The molecule has 0 saturated heterocycles. The first kappa shape index (κ1) is 8.51. The number of carbonyl (C=O) groups is 1. The number of hydrogen-bond donors (Lipinski definition) is 0. The van der Waals surface area contributed by atoms with Gasteiger partial charge in [0.1, 0.15) is 5.75 Å². The molecule has 0 bridgehead atoms. The Morgan fingerprint density at radius 3 is 2.82 bits per heavy atom. The average Bonchev–Trinajstić information content (AvgIpc) is 2.05. The molecule has 0 heterocycles. The van der Waals surface area contributed by atoms with Gasteiger partial charge in [-0.2, -0.15) is 0 Å². The molecular formula is C7H6ClO2P. The van der Waals surface area contributed by atoms with Crippen LogP contribution in [0, 0.1) is 0 Å². The Kier molecular flexibility index (Phi) is 2.86. The summed E-state index contributed by atoms with van der Waals surface area (Å²) in [5, 5.41) is -0.478. The van der Waals surface area contributed by atoms with E-state index in [1.807, 2.05) is 0 Å². The highest BCUT2D eigenvalue weighted by molar-refractivity contribution is 7.10. The van der Waals surface area contributed by atoms with E-state index < -0.39 is 5.24 Å². The van der Waals surface area contributed by atoms with Crippen molar-refractivity contribution in [3.05, 3.63) is 29.8 Å². The van der Waals surface area contributed by atoms with Crippen molar-refractivity contribution < 1.29 is 9.32 Å². The molecule has 1 aromatic carbocycles. The molecule has 0 aliphatic rings. The maximum Gasteiger partial charge on any atom is 0.252 e. The first-order chi connectivity index (χ1) is 5.24. The summed E-state index contributed by atoms with van der Waals surface area (Å²) in [6, 6.07) is 6.64. The van der Waals surface area contributed by atoms with Crippen LogP contribution < -0.4 is 4.52 Å². The van der Waals surface area contributed by atoms with E-state index in [0.29, 0.717) is 11.3 Å². The molecule has 0 aliphatic carbocycles. The molecule has 1 rings (SSSR count). The number of rotatable bonds is 2. The van der Waals surface area contributed by atoms with Gasteiger partial charge in [-0.15, -0.1) is 0 Å². The summed E-state index contributed by atoms with van der Waals surface area (Å²) in [4.78, 5) is 10.6. The highest BCUT2D eigenvalue weighted by atomic mass is 35.5. The Labute approximate surface area is 71.8 Å². The third-order valence-corrected chi connectivity index (χ3v) is 1.69. The minimum atomic E-state index is -0.478. The van der Waals surface area contributed by atoms with Crippen LogP contribution in [0.3, 0.4) is 0 Å². The first-order valence-electron chi connectivity index (χ1n) is 2.90. The third-order valence-electron chi connectivity index (χ3n) is 1.20. The third kappa shape index (κ3) is 2.18. The standard InChI is InChI=1S/C7H6ClO2P/c8-7(9)5-2-1-3-6(4-5)10-11/h1-4H,11H2. The van der Waals surface area contributed by atoms with Gasteiger partial charge in [0.05, 0.1) is 9.47 Å². The molecule has 1 atom stereocenters. The van der Waals surface area contributed by atoms with Crippen molar-refractivity contribution >= 4 is 26.3 Å². The summed E-state index contributed by atoms with van der Waals surface area (Å²) >= 11 is 5.23. The van der Waals surface area contributed by atoms with Gasteiger partial charge < -0.3 is 4.52 Å². The lowest BCUT2D eigenvalue weighted by atomic mass is 10.2. The molecule has 0 aromatic heterocycles. The first-order valence-corrected chi connectivity index (χ1v) is 3.75. The smallest absolute Gasteiger partial charge is 0.252 e. The molecule has 0 saturated carbocycles. The van der Waals surface area contributed by atoms with Crippen LogP contribution in [0.4, 0.5) is 0 Å². The molecule has 2 nitrogen and oxygen atoms in total. The predicted octanol–water partition coefficient (Wildman–Crippen LogP) is 2.23. The Morgan fingerprint density at radius 1 is 1.55 bits per heavy atom. The van der Waals surface area contributed by atoms with Crippen LogP contribution >= 0.6 is 21.1 Å². The second kappa shape index (κ2) is 3.70. The highest BCUT2D eigenvalue weighted by Gasteiger charge is 2.01. The molecule has 0 radical (unpaired) electrons. The molecule has 0 aliphatic heterocycles. The van der Waals surface area contributed by atoms with Gasteiger partial charge in [-0.3, -0.25) is 4.79 Å². The van der Waals surface area contributed by atoms with E-state index >= 15 is 0 Å². The Hall–Kier alpha value is -0.590. The van der Waals surface area contributed by atoms with Crippen molar-refractivity contribution in [1.29, 1.82) is 0 Å². The summed E-state index contributed by atoms with van der Waals surface area (Å²) in [6.45, 7) is 0. The summed E-state index contributed by atoms with van der Waals surface area (Å²) in [5.74, 6) is 0.599. The second-order valence-electron chi connectivity index (χ2n) is 1.92. The van der Waals surface area contributed by atoms with Gasteiger partial charge in [0.15, 0.2) is 0 Å². The van der Waals surface area contributed by atoms with Crippen LogP contribution in [0.15, 0.2) is 24.3 Å². The van der Waals surface area contributed by atoms with Crippen LogP contribution in [0.1, 0.15) is 10.4 Å². The molecule has 0 spiro atoms. The van der Waals surface area contributed by atoms with Gasteiger partial charge in [-0.25, -0.2) is 0 Å². The lowest BCUT2D eigenvalue weighted by Crippen LogP contribution is -1.87. The molecular weight excluding hydrogens is 183 g/mol. The summed E-state index contributed by atoms with van der Waals surface area (Å²) < 4.78 is 4.81. The van der Waals surface area contributed by atoms with Gasteiger partial charge in [-0.1, -0.05) is 6.07 Å². The maximum atomic E-state index is 10.6. The number of halogens is 1. The fourth-order valence-corrected chi connectivity index (χ4v) is 0.956. The Morgan fingerprint density at radius 2 is 2.27 bits per heavy atom. The molecule has 1 unspecified atom stereocenters. The van der Waals surface area contributed by atoms with Gasteiger partial charge in [-0.05, 0) is 29.8 Å². The van der Waals surface area contributed by atoms with Crippen LogP contribution in [0.2, 0.25) is 0 Å². The van der Waals surface area contributed by atoms with Crippen LogP contribution in [-0.2, 0) is 0 Å². The maximum absolute atomic E-state index is 10.6. The summed E-state index contributed by atoms with van der Waals surface area (Å²) in [5.41, 5.74) is 0.437. The Bertz CT molecular complexity index is 275. The molecule has 1 aromatic rings. The summed E-state index contributed by atoms with van der Waals surface area (Å²) in [7, 11) is 2.09. The topological polar surface area (TPSA) is 26.3 Å². The van der Waals surface area contributed by atoms with Crippen LogP contribution in [0.25, 0.3) is 0 Å². The number of hydrogen-bond acceptors (Lipinski definition) is 2. The van der Waals surface area contributed by atoms with Crippen molar-refractivity contribution in [1.82, 2.24) is 0 Å². The van der Waals surface area contributed by atoms with Gasteiger partial charge in [0, 0.05) is 5.56 Å². The fourth-order valence-electron chi connectivity index (χ4n) is 0.692. The zero-order chi connectivity index (χ0) is 8.27.